The van der Waals surface area contributed by atoms with Crippen LogP contribution in [0.1, 0.15) is 19.8 Å². The Morgan fingerprint density at radius 1 is 1.00 bits per heavy atom. The van der Waals surface area contributed by atoms with Crippen LogP contribution in [0.2, 0.25) is 0 Å². The number of hydrogen-bond acceptors (Lipinski definition) is 7. The van der Waals surface area contributed by atoms with Crippen LogP contribution in [0.4, 0.5) is 23.1 Å². The summed E-state index contributed by atoms with van der Waals surface area (Å²) in [7, 11) is 2.18. The van der Waals surface area contributed by atoms with Gasteiger partial charge < -0.3 is 20.4 Å². The number of fused-ring (bicyclic) bond motifs is 1. The highest BCUT2D eigenvalue weighted by Crippen LogP contribution is 2.40. The Morgan fingerprint density at radius 2 is 1.75 bits per heavy atom. The number of aromatic nitrogens is 2. The molecule has 2 N–H and O–H groups in total. The molecular weight excluding hydrogens is 368 g/mol. The van der Waals surface area contributed by atoms with E-state index < -0.39 is 0 Å². The van der Waals surface area contributed by atoms with Gasteiger partial charge in [-0.25, -0.2) is 4.98 Å². The molecule has 0 bridgehead atoms. The van der Waals surface area contributed by atoms with Crippen LogP contribution in [0, 0.1) is 0 Å². The number of nitrogens with zero attached hydrogens (tertiary/aromatic N) is 4. The van der Waals surface area contributed by atoms with Crippen molar-refractivity contribution in [1.29, 1.82) is 0 Å². The molecule has 0 spiro atoms. The first-order valence-electron chi connectivity index (χ1n) is 9.92. The van der Waals surface area contributed by atoms with Gasteiger partial charge in [-0.05, 0) is 62.5 Å². The lowest BCUT2D eigenvalue weighted by atomic mass is 10.2. The average Bonchev–Trinajstić information content (AvgIpc) is 3.22. The van der Waals surface area contributed by atoms with Crippen molar-refractivity contribution < 1.29 is 0 Å². The van der Waals surface area contributed by atoms with Crippen molar-refractivity contribution in [2.24, 2.45) is 0 Å². The monoisotopic (exact) mass is 394 g/mol. The van der Waals surface area contributed by atoms with Crippen LogP contribution >= 0.6 is 11.3 Å². The second kappa shape index (κ2) is 6.90. The van der Waals surface area contributed by atoms with Crippen molar-refractivity contribution in [1.82, 2.24) is 14.9 Å². The van der Waals surface area contributed by atoms with Gasteiger partial charge in [0.1, 0.15) is 10.6 Å². The summed E-state index contributed by atoms with van der Waals surface area (Å²) < 4.78 is 0. The second-order valence-electron chi connectivity index (χ2n) is 8.18. The van der Waals surface area contributed by atoms with Gasteiger partial charge in [0.05, 0.1) is 5.39 Å². The van der Waals surface area contributed by atoms with Gasteiger partial charge in [-0.3, -0.25) is 0 Å². The molecule has 1 aromatic carbocycles. The SMILES string of the molecule is CN1CCN(c2ccc(Nc3nc(NC4(C)CC4)c4ccsc4n3)cc2)CC1. The van der Waals surface area contributed by atoms with Crippen LogP contribution in [0.15, 0.2) is 35.7 Å². The van der Waals surface area contributed by atoms with E-state index >= 15 is 0 Å². The van der Waals surface area contributed by atoms with Crippen LogP contribution in [-0.2, 0) is 0 Å². The minimum absolute atomic E-state index is 0.185. The van der Waals surface area contributed by atoms with Crippen LogP contribution in [-0.4, -0.2) is 53.6 Å². The third kappa shape index (κ3) is 3.64. The van der Waals surface area contributed by atoms with Crippen molar-refractivity contribution in [3.63, 3.8) is 0 Å². The number of nitrogens with one attached hydrogen (secondary N) is 2. The Balaban J connectivity index is 1.35. The maximum absolute atomic E-state index is 4.77. The molecule has 1 saturated heterocycles. The van der Waals surface area contributed by atoms with E-state index in [0.29, 0.717) is 5.95 Å². The number of anilines is 4. The number of thiophene rings is 1. The Labute approximate surface area is 169 Å². The van der Waals surface area contributed by atoms with E-state index in [9.17, 15) is 0 Å². The summed E-state index contributed by atoms with van der Waals surface area (Å²) >= 11 is 1.65. The highest BCUT2D eigenvalue weighted by molar-refractivity contribution is 7.16. The lowest BCUT2D eigenvalue weighted by Gasteiger charge is -2.34. The predicted octanol–water partition coefficient (Wildman–Crippen LogP) is 4.15. The van der Waals surface area contributed by atoms with Crippen molar-refractivity contribution in [2.75, 3.05) is 48.8 Å². The molecule has 2 aliphatic rings. The third-order valence-electron chi connectivity index (χ3n) is 5.74. The summed E-state index contributed by atoms with van der Waals surface area (Å²) in [4.78, 5) is 15.3. The zero-order chi connectivity index (χ0) is 19.1. The largest absolute Gasteiger partial charge is 0.369 e. The molecule has 7 heteroatoms. The minimum atomic E-state index is 0.185. The number of piperazine rings is 1. The molecule has 0 atom stereocenters. The van der Waals surface area contributed by atoms with Gasteiger partial charge >= 0.3 is 0 Å². The molecule has 1 aliphatic heterocycles. The first-order valence-corrected chi connectivity index (χ1v) is 10.8. The summed E-state index contributed by atoms with van der Waals surface area (Å²) in [6.45, 7) is 6.63. The first-order chi connectivity index (χ1) is 13.6. The average molecular weight is 395 g/mol. The lowest BCUT2D eigenvalue weighted by molar-refractivity contribution is 0.313. The summed E-state index contributed by atoms with van der Waals surface area (Å²) in [6.07, 6.45) is 2.39. The standard InChI is InChI=1S/C21H26N6S/c1-21(8-9-21)25-18-17-7-14-28-19(17)24-20(23-18)22-15-3-5-16(6-4-15)27-12-10-26(2)11-13-27/h3-7,14H,8-13H2,1-2H3,(H2,22,23,24,25). The van der Waals surface area contributed by atoms with Crippen molar-refractivity contribution in [2.45, 2.75) is 25.3 Å². The minimum Gasteiger partial charge on any atom is -0.369 e. The van der Waals surface area contributed by atoms with Crippen LogP contribution in [0.3, 0.4) is 0 Å². The molecule has 3 heterocycles. The van der Waals surface area contributed by atoms with Gasteiger partial charge in [0, 0.05) is 43.1 Å². The van der Waals surface area contributed by atoms with E-state index in [2.05, 4.69) is 70.1 Å². The molecule has 2 fully saturated rings. The summed E-state index contributed by atoms with van der Waals surface area (Å²) in [5.41, 5.74) is 2.47. The number of likely N-dealkylation sites (N-methyl/N-ethyl adjacent to an activating group) is 1. The van der Waals surface area contributed by atoms with Crippen LogP contribution in [0.25, 0.3) is 10.2 Å². The Morgan fingerprint density at radius 3 is 2.46 bits per heavy atom. The number of benzene rings is 1. The molecular formula is C21H26N6S. The van der Waals surface area contributed by atoms with E-state index in [1.807, 2.05) is 0 Å². The fourth-order valence-electron chi connectivity index (χ4n) is 3.55. The first kappa shape index (κ1) is 17.7. The zero-order valence-electron chi connectivity index (χ0n) is 16.4. The molecule has 3 aromatic rings. The molecule has 6 nitrogen and oxygen atoms in total. The molecule has 0 unspecified atom stereocenters. The van der Waals surface area contributed by atoms with E-state index in [1.54, 1.807) is 11.3 Å². The van der Waals surface area contributed by atoms with E-state index in [0.717, 1.165) is 47.9 Å². The van der Waals surface area contributed by atoms with Gasteiger partial charge in [0.15, 0.2) is 0 Å². The van der Waals surface area contributed by atoms with Gasteiger partial charge in [-0.15, -0.1) is 11.3 Å². The van der Waals surface area contributed by atoms with Crippen molar-refractivity contribution in [3.8, 4) is 0 Å². The van der Waals surface area contributed by atoms with Gasteiger partial charge in [0.25, 0.3) is 0 Å². The molecule has 5 rings (SSSR count). The molecule has 1 saturated carbocycles. The molecule has 28 heavy (non-hydrogen) atoms. The third-order valence-corrected chi connectivity index (χ3v) is 6.54. The summed E-state index contributed by atoms with van der Waals surface area (Å²) in [6, 6.07) is 10.7. The van der Waals surface area contributed by atoms with E-state index in [4.69, 9.17) is 9.97 Å². The second-order valence-corrected chi connectivity index (χ2v) is 9.08. The fraction of sp³-hybridized carbons (Fsp3) is 0.429. The smallest absolute Gasteiger partial charge is 0.230 e. The highest BCUT2D eigenvalue weighted by atomic mass is 32.1. The van der Waals surface area contributed by atoms with Gasteiger partial charge in [-0.2, -0.15) is 4.98 Å². The normalized spacial score (nSPS) is 19.0. The number of rotatable bonds is 5. The Hall–Kier alpha value is -2.38. The quantitative estimate of drug-likeness (QED) is 0.678. The maximum atomic E-state index is 4.77. The molecule has 0 radical (unpaired) electrons. The van der Waals surface area contributed by atoms with Crippen LogP contribution < -0.4 is 15.5 Å². The van der Waals surface area contributed by atoms with Gasteiger partial charge in [0.2, 0.25) is 5.95 Å². The van der Waals surface area contributed by atoms with Crippen molar-refractivity contribution >= 4 is 44.7 Å². The summed E-state index contributed by atoms with van der Waals surface area (Å²) in [5, 5.41) is 10.2. The molecule has 2 aromatic heterocycles. The zero-order valence-corrected chi connectivity index (χ0v) is 17.2. The lowest BCUT2D eigenvalue weighted by Crippen LogP contribution is -2.44. The maximum Gasteiger partial charge on any atom is 0.230 e. The van der Waals surface area contributed by atoms with E-state index in [-0.39, 0.29) is 5.54 Å². The predicted molar refractivity (Wildman–Crippen MR) is 118 cm³/mol. The van der Waals surface area contributed by atoms with Crippen molar-refractivity contribution in [3.05, 3.63) is 35.7 Å². The topological polar surface area (TPSA) is 56.3 Å². The summed E-state index contributed by atoms with van der Waals surface area (Å²) in [5.74, 6) is 1.58. The van der Waals surface area contributed by atoms with Gasteiger partial charge in [-0.1, -0.05) is 0 Å². The Kier molecular flexibility index (Phi) is 4.36. The molecule has 1 aliphatic carbocycles. The number of hydrogen-bond donors (Lipinski definition) is 2. The van der Waals surface area contributed by atoms with E-state index in [1.165, 1.54) is 18.5 Å². The molecule has 0 amide bonds. The highest BCUT2D eigenvalue weighted by Gasteiger charge is 2.38. The Bertz CT molecular complexity index is 970. The van der Waals surface area contributed by atoms with Crippen LogP contribution in [0.5, 0.6) is 0 Å². The fourth-order valence-corrected chi connectivity index (χ4v) is 4.32. The molecule has 146 valence electrons.